The molecule has 0 spiro atoms. The molecule has 3 rings (SSSR count). The van der Waals surface area contributed by atoms with E-state index >= 15 is 0 Å². The van der Waals surface area contributed by atoms with Crippen LogP contribution in [0, 0.1) is 0 Å². The quantitative estimate of drug-likeness (QED) is 0.764. The molecule has 130 valence electrons. The Kier molecular flexibility index (Phi) is 5.71. The summed E-state index contributed by atoms with van der Waals surface area (Å²) in [6.45, 7) is -0.00838. The lowest BCUT2D eigenvalue weighted by molar-refractivity contribution is 0.00476. The number of ether oxygens (including phenoxy) is 2. The van der Waals surface area contributed by atoms with Gasteiger partial charge in [-0.1, -0.05) is 36.4 Å². The summed E-state index contributed by atoms with van der Waals surface area (Å²) in [6.07, 6.45) is -2.21. The van der Waals surface area contributed by atoms with E-state index in [0.29, 0.717) is 11.1 Å². The minimum atomic E-state index is -1.28. The Hall–Kier alpha value is -2.34. The van der Waals surface area contributed by atoms with E-state index in [1.165, 1.54) is 11.8 Å². The highest BCUT2D eigenvalue weighted by atomic mass is 32.2. The Balaban J connectivity index is 1.59. The fourth-order valence-electron chi connectivity index (χ4n) is 2.51. The maximum absolute atomic E-state index is 14.1. The van der Waals surface area contributed by atoms with E-state index in [1.807, 2.05) is 0 Å². The predicted molar refractivity (Wildman–Crippen MR) is 93.5 cm³/mol. The number of benzene rings is 2. The van der Waals surface area contributed by atoms with Crippen LogP contribution in [0.4, 0.5) is 4.39 Å². The smallest absolute Gasteiger partial charge is 0.338 e. The molecule has 0 unspecified atom stereocenters. The Bertz CT molecular complexity index is 723. The van der Waals surface area contributed by atoms with Gasteiger partial charge in [0.05, 0.1) is 16.4 Å². The van der Waals surface area contributed by atoms with Crippen LogP contribution < -0.4 is 0 Å². The average molecular weight is 360 g/mol. The van der Waals surface area contributed by atoms with Gasteiger partial charge in [-0.3, -0.25) is 0 Å². The molecule has 25 heavy (non-hydrogen) atoms. The van der Waals surface area contributed by atoms with E-state index in [9.17, 15) is 14.0 Å². The molecule has 6 heteroatoms. The zero-order chi connectivity index (χ0) is 17.6. The second-order valence-electron chi connectivity index (χ2n) is 5.59. The van der Waals surface area contributed by atoms with Crippen molar-refractivity contribution in [1.29, 1.82) is 0 Å². The molecule has 4 nitrogen and oxygen atoms in total. The Morgan fingerprint density at radius 1 is 0.960 bits per heavy atom. The zero-order valence-corrected chi connectivity index (χ0v) is 14.2. The summed E-state index contributed by atoms with van der Waals surface area (Å²) in [6, 6.07) is 17.0. The van der Waals surface area contributed by atoms with Gasteiger partial charge in [0, 0.05) is 5.75 Å². The molecule has 0 radical (unpaired) electrons. The van der Waals surface area contributed by atoms with Gasteiger partial charge >= 0.3 is 11.9 Å². The Labute approximate surface area is 149 Å². The zero-order valence-electron chi connectivity index (χ0n) is 13.3. The van der Waals surface area contributed by atoms with E-state index < -0.39 is 29.5 Å². The molecule has 1 fully saturated rings. The van der Waals surface area contributed by atoms with E-state index in [1.54, 1.807) is 60.7 Å². The number of thioether (sulfide) groups is 1. The SMILES string of the molecule is O=C(OC[C@H]1SC[C@H](F)[C@@H]1OC(=O)c1ccccc1)c1ccccc1. The van der Waals surface area contributed by atoms with Crippen LogP contribution in [0.2, 0.25) is 0 Å². The normalized spacial score (nSPS) is 22.4. The van der Waals surface area contributed by atoms with Gasteiger partial charge in [-0.15, -0.1) is 11.8 Å². The van der Waals surface area contributed by atoms with Crippen molar-refractivity contribution in [3.05, 3.63) is 71.8 Å². The molecule has 0 aliphatic carbocycles. The summed E-state index contributed by atoms with van der Waals surface area (Å²) in [5.74, 6) is -0.841. The van der Waals surface area contributed by atoms with Crippen LogP contribution in [-0.4, -0.2) is 41.8 Å². The molecule has 1 aliphatic heterocycles. The standard InChI is InChI=1S/C19H17FO4S/c20-15-12-25-16(11-23-18(21)13-7-3-1-4-8-13)17(15)24-19(22)14-9-5-2-6-10-14/h1-10,15-17H,11-12H2/t15-,16+,17-/m0/s1. The fraction of sp³-hybridized carbons (Fsp3) is 0.263. The van der Waals surface area contributed by atoms with Gasteiger partial charge < -0.3 is 9.47 Å². The Morgan fingerprint density at radius 3 is 2.12 bits per heavy atom. The van der Waals surface area contributed by atoms with Gasteiger partial charge in [0.25, 0.3) is 0 Å². The minimum absolute atomic E-state index is 0.00838. The third-order valence-electron chi connectivity index (χ3n) is 3.83. The van der Waals surface area contributed by atoms with Crippen LogP contribution in [0.25, 0.3) is 0 Å². The lowest BCUT2D eigenvalue weighted by Gasteiger charge is -2.20. The number of rotatable bonds is 5. The third kappa shape index (κ3) is 4.39. The second-order valence-corrected chi connectivity index (χ2v) is 6.86. The highest BCUT2D eigenvalue weighted by molar-refractivity contribution is 8.00. The van der Waals surface area contributed by atoms with Gasteiger partial charge in [-0.25, -0.2) is 14.0 Å². The molecule has 1 saturated heterocycles. The first-order valence-corrected chi connectivity index (χ1v) is 8.94. The molecule has 3 atom stereocenters. The molecule has 0 saturated carbocycles. The van der Waals surface area contributed by atoms with Crippen molar-refractivity contribution in [3.8, 4) is 0 Å². The van der Waals surface area contributed by atoms with Gasteiger partial charge in [-0.2, -0.15) is 0 Å². The first-order chi connectivity index (χ1) is 12.1. The van der Waals surface area contributed by atoms with Gasteiger partial charge in [0.2, 0.25) is 0 Å². The summed E-state index contributed by atoms with van der Waals surface area (Å²) in [5.41, 5.74) is 0.798. The van der Waals surface area contributed by atoms with Crippen molar-refractivity contribution in [2.75, 3.05) is 12.4 Å². The number of halogens is 1. The van der Waals surface area contributed by atoms with Crippen LogP contribution in [0.5, 0.6) is 0 Å². The first-order valence-electron chi connectivity index (χ1n) is 7.89. The number of carbonyl (C=O) groups excluding carboxylic acids is 2. The van der Waals surface area contributed by atoms with E-state index in [4.69, 9.17) is 9.47 Å². The number of esters is 2. The monoisotopic (exact) mass is 360 g/mol. The van der Waals surface area contributed by atoms with Crippen LogP contribution >= 0.6 is 11.8 Å². The summed E-state index contributed by atoms with van der Waals surface area (Å²) in [4.78, 5) is 24.1. The van der Waals surface area contributed by atoms with Crippen LogP contribution in [0.1, 0.15) is 20.7 Å². The summed E-state index contributed by atoms with van der Waals surface area (Å²) in [7, 11) is 0. The Morgan fingerprint density at radius 2 is 1.52 bits per heavy atom. The molecule has 1 aliphatic rings. The van der Waals surface area contributed by atoms with Crippen molar-refractivity contribution >= 4 is 23.7 Å². The lowest BCUT2D eigenvalue weighted by Crippen LogP contribution is -2.35. The van der Waals surface area contributed by atoms with Crippen molar-refractivity contribution in [1.82, 2.24) is 0 Å². The summed E-state index contributed by atoms with van der Waals surface area (Å²) >= 11 is 1.30. The maximum Gasteiger partial charge on any atom is 0.338 e. The minimum Gasteiger partial charge on any atom is -0.461 e. The molecular formula is C19H17FO4S. The summed E-state index contributed by atoms with van der Waals surface area (Å²) < 4.78 is 24.7. The average Bonchev–Trinajstić information content (AvgIpc) is 3.01. The predicted octanol–water partition coefficient (Wildman–Crippen LogP) is 3.52. The highest BCUT2D eigenvalue weighted by Gasteiger charge is 2.41. The number of hydrogen-bond donors (Lipinski definition) is 0. The molecule has 0 bridgehead atoms. The van der Waals surface area contributed by atoms with Crippen LogP contribution in [0.3, 0.4) is 0 Å². The number of hydrogen-bond acceptors (Lipinski definition) is 5. The maximum atomic E-state index is 14.1. The third-order valence-corrected chi connectivity index (χ3v) is 5.18. The van der Waals surface area contributed by atoms with Crippen molar-refractivity contribution in [2.24, 2.45) is 0 Å². The highest BCUT2D eigenvalue weighted by Crippen LogP contribution is 2.32. The topological polar surface area (TPSA) is 52.6 Å². The van der Waals surface area contributed by atoms with Crippen molar-refractivity contribution in [2.45, 2.75) is 17.5 Å². The fourth-order valence-corrected chi connectivity index (χ4v) is 3.71. The van der Waals surface area contributed by atoms with E-state index in [-0.39, 0.29) is 12.4 Å². The second kappa shape index (κ2) is 8.16. The molecule has 1 heterocycles. The first kappa shape index (κ1) is 17.5. The largest absolute Gasteiger partial charge is 0.461 e. The molecule has 0 amide bonds. The van der Waals surface area contributed by atoms with E-state index in [0.717, 1.165) is 0 Å². The van der Waals surface area contributed by atoms with Gasteiger partial charge in [0.15, 0.2) is 0 Å². The number of alkyl halides is 1. The van der Waals surface area contributed by atoms with Crippen molar-refractivity contribution in [3.63, 3.8) is 0 Å². The molecule has 0 N–H and O–H groups in total. The van der Waals surface area contributed by atoms with Gasteiger partial charge in [0.1, 0.15) is 18.9 Å². The van der Waals surface area contributed by atoms with Crippen LogP contribution in [0.15, 0.2) is 60.7 Å². The van der Waals surface area contributed by atoms with Gasteiger partial charge in [-0.05, 0) is 24.3 Å². The molecule has 2 aromatic carbocycles. The molecule has 0 aromatic heterocycles. The van der Waals surface area contributed by atoms with Crippen LogP contribution in [-0.2, 0) is 9.47 Å². The molecule has 2 aromatic rings. The van der Waals surface area contributed by atoms with E-state index in [2.05, 4.69) is 0 Å². The lowest BCUT2D eigenvalue weighted by atomic mass is 10.1. The number of carbonyl (C=O) groups is 2. The molecular weight excluding hydrogens is 343 g/mol. The summed E-state index contributed by atoms with van der Waals surface area (Å²) in [5, 5.41) is -0.421. The van der Waals surface area contributed by atoms with Crippen molar-refractivity contribution < 1.29 is 23.5 Å².